The molecule has 11 heteroatoms. The highest BCUT2D eigenvalue weighted by Gasteiger charge is 2.36. The number of nitrogens with zero attached hydrogens (tertiary/aromatic N) is 6. The number of anilines is 1. The van der Waals surface area contributed by atoms with E-state index in [4.69, 9.17) is 0 Å². The van der Waals surface area contributed by atoms with Crippen LogP contribution in [0.1, 0.15) is 54.9 Å². The number of piperazine rings is 1. The van der Waals surface area contributed by atoms with Gasteiger partial charge in [0.05, 0.1) is 11.1 Å². The van der Waals surface area contributed by atoms with Crippen LogP contribution in [0.4, 0.5) is 18.9 Å². The number of H-pyrrole nitrogens is 1. The molecule has 1 atom stereocenters. The molecule has 0 saturated carbocycles. The molecule has 1 aliphatic rings. The maximum Gasteiger partial charge on any atom is 0.416 e. The maximum atomic E-state index is 13.5. The smallest absolute Gasteiger partial charge is 0.369 e. The number of alkyl halides is 3. The zero-order chi connectivity index (χ0) is 28.1. The van der Waals surface area contributed by atoms with Crippen LogP contribution < -0.4 is 10.5 Å². The largest absolute Gasteiger partial charge is 0.416 e. The second-order valence-electron chi connectivity index (χ2n) is 11.2. The molecule has 206 valence electrons. The lowest BCUT2D eigenvalue weighted by Gasteiger charge is -2.40. The second kappa shape index (κ2) is 9.78. The molecule has 0 bridgehead atoms. The number of benzene rings is 2. The van der Waals surface area contributed by atoms with Gasteiger partial charge in [-0.1, -0.05) is 12.1 Å². The van der Waals surface area contributed by atoms with Crippen LogP contribution >= 0.6 is 0 Å². The summed E-state index contributed by atoms with van der Waals surface area (Å²) < 4.78 is 41.6. The fraction of sp³-hybridized carbons (Fsp3) is 0.429. The number of pyridine rings is 1. The Balaban J connectivity index is 1.54. The molecule has 2 aromatic carbocycles. The monoisotopic (exact) mass is 539 g/mol. The Morgan fingerprint density at radius 1 is 0.974 bits per heavy atom. The number of tetrazole rings is 1. The number of aromatic amines is 1. The van der Waals surface area contributed by atoms with E-state index >= 15 is 0 Å². The van der Waals surface area contributed by atoms with E-state index in [0.29, 0.717) is 43.3 Å². The van der Waals surface area contributed by atoms with Crippen LogP contribution in [0.15, 0.2) is 47.3 Å². The number of hydrogen-bond acceptors (Lipinski definition) is 6. The molecule has 1 aliphatic heterocycles. The van der Waals surface area contributed by atoms with Crippen LogP contribution in [0.2, 0.25) is 0 Å². The van der Waals surface area contributed by atoms with Crippen LogP contribution in [0.5, 0.6) is 0 Å². The normalized spacial score (nSPS) is 16.2. The Morgan fingerprint density at radius 3 is 2.36 bits per heavy atom. The standard InChI is InChI=1S/C28H32F3N7O/c1-17-13-18(2)21-16-22(26(39)32-23(21)14-17)24(25-33-34-35-38(25)27(3,4)5)37-11-9-36(10-12-37)20-8-6-7-19(15-20)28(29,30)31/h6-8,13-16,24H,9-12H2,1-5H3,(H,32,39)/t24-/m1/s1. The first kappa shape index (κ1) is 26.9. The van der Waals surface area contributed by atoms with Gasteiger partial charge in [-0.15, -0.1) is 5.10 Å². The van der Waals surface area contributed by atoms with Crippen molar-refractivity contribution < 1.29 is 13.2 Å². The Labute approximate surface area is 224 Å². The zero-order valence-electron chi connectivity index (χ0n) is 22.7. The van der Waals surface area contributed by atoms with Crippen LogP contribution in [-0.2, 0) is 11.7 Å². The summed E-state index contributed by atoms with van der Waals surface area (Å²) in [6, 6.07) is 10.8. The fourth-order valence-corrected chi connectivity index (χ4v) is 5.35. The highest BCUT2D eigenvalue weighted by atomic mass is 19.4. The molecule has 0 radical (unpaired) electrons. The molecule has 2 aromatic heterocycles. The van der Waals surface area contributed by atoms with Crippen molar-refractivity contribution in [1.29, 1.82) is 0 Å². The van der Waals surface area contributed by atoms with Gasteiger partial charge in [0, 0.05) is 48.3 Å². The summed E-state index contributed by atoms with van der Waals surface area (Å²) in [5, 5.41) is 13.5. The van der Waals surface area contributed by atoms with E-state index in [1.807, 2.05) is 51.7 Å². The molecule has 5 rings (SSSR count). The number of fused-ring (bicyclic) bond motifs is 1. The number of nitrogens with one attached hydrogen (secondary N) is 1. The van der Waals surface area contributed by atoms with Crippen molar-refractivity contribution >= 4 is 16.6 Å². The Kier molecular flexibility index (Phi) is 6.74. The van der Waals surface area contributed by atoms with Crippen molar-refractivity contribution in [2.45, 2.75) is 52.4 Å². The summed E-state index contributed by atoms with van der Waals surface area (Å²) in [4.78, 5) is 20.7. The first-order valence-electron chi connectivity index (χ1n) is 12.9. The summed E-state index contributed by atoms with van der Waals surface area (Å²) in [7, 11) is 0. The van der Waals surface area contributed by atoms with E-state index in [1.165, 1.54) is 12.1 Å². The molecule has 39 heavy (non-hydrogen) atoms. The van der Waals surface area contributed by atoms with Crippen LogP contribution in [0.25, 0.3) is 10.9 Å². The summed E-state index contributed by atoms with van der Waals surface area (Å²) in [5.41, 5.74) is 2.60. The Morgan fingerprint density at radius 2 is 1.69 bits per heavy atom. The minimum atomic E-state index is -4.40. The van der Waals surface area contributed by atoms with Crippen molar-refractivity contribution in [3.05, 3.63) is 80.9 Å². The lowest BCUT2D eigenvalue weighted by molar-refractivity contribution is -0.137. The molecule has 0 aliphatic carbocycles. The van der Waals surface area contributed by atoms with Crippen LogP contribution in [-0.4, -0.2) is 56.3 Å². The van der Waals surface area contributed by atoms with Crippen LogP contribution in [0.3, 0.4) is 0 Å². The van der Waals surface area contributed by atoms with Gasteiger partial charge in [-0.05, 0) is 86.5 Å². The summed E-state index contributed by atoms with van der Waals surface area (Å²) in [6.45, 7) is 12.0. The lowest BCUT2D eigenvalue weighted by Crippen LogP contribution is -2.49. The number of halogens is 3. The third-order valence-corrected chi connectivity index (χ3v) is 7.23. The van der Waals surface area contributed by atoms with E-state index < -0.39 is 23.3 Å². The SMILES string of the molecule is Cc1cc(C)c2cc([C@H](c3nnnn3C(C)(C)C)N3CCN(c4cccc(C(F)(F)F)c4)CC3)c(=O)[nH]c2c1. The molecule has 0 amide bonds. The number of hydrogen-bond donors (Lipinski definition) is 1. The Hall–Kier alpha value is -3.73. The molecular weight excluding hydrogens is 507 g/mol. The zero-order valence-corrected chi connectivity index (χ0v) is 22.7. The first-order chi connectivity index (χ1) is 18.3. The van der Waals surface area contributed by atoms with E-state index in [-0.39, 0.29) is 5.56 Å². The summed E-state index contributed by atoms with van der Waals surface area (Å²) >= 11 is 0. The topological polar surface area (TPSA) is 82.9 Å². The number of aryl methyl sites for hydroxylation is 2. The van der Waals surface area contributed by atoms with Gasteiger partial charge in [-0.25, -0.2) is 4.68 Å². The van der Waals surface area contributed by atoms with E-state index in [9.17, 15) is 18.0 Å². The predicted octanol–water partition coefficient (Wildman–Crippen LogP) is 4.82. The predicted molar refractivity (Wildman–Crippen MR) is 144 cm³/mol. The van der Waals surface area contributed by atoms with Crippen molar-refractivity contribution in [2.24, 2.45) is 0 Å². The van der Waals surface area contributed by atoms with Gasteiger partial charge in [-0.2, -0.15) is 13.2 Å². The highest BCUT2D eigenvalue weighted by molar-refractivity contribution is 5.83. The van der Waals surface area contributed by atoms with E-state index in [1.54, 1.807) is 10.7 Å². The Bertz CT molecular complexity index is 1560. The second-order valence-corrected chi connectivity index (χ2v) is 11.2. The molecule has 1 saturated heterocycles. The van der Waals surface area contributed by atoms with Crippen molar-refractivity contribution in [2.75, 3.05) is 31.1 Å². The van der Waals surface area contributed by atoms with Crippen molar-refractivity contribution in [3.63, 3.8) is 0 Å². The summed E-state index contributed by atoms with van der Waals surface area (Å²) in [5.74, 6) is 0.546. The molecule has 1 N–H and O–H groups in total. The average molecular weight is 540 g/mol. The van der Waals surface area contributed by atoms with E-state index in [0.717, 1.165) is 28.1 Å². The van der Waals surface area contributed by atoms with Gasteiger partial charge >= 0.3 is 6.18 Å². The van der Waals surface area contributed by atoms with E-state index in [2.05, 4.69) is 31.5 Å². The fourth-order valence-electron chi connectivity index (χ4n) is 5.35. The van der Waals surface area contributed by atoms with Crippen LogP contribution in [0, 0.1) is 13.8 Å². The highest BCUT2D eigenvalue weighted by Crippen LogP contribution is 2.34. The minimum Gasteiger partial charge on any atom is -0.369 e. The molecule has 8 nitrogen and oxygen atoms in total. The van der Waals surface area contributed by atoms with Gasteiger partial charge < -0.3 is 9.88 Å². The van der Waals surface area contributed by atoms with Crippen molar-refractivity contribution in [1.82, 2.24) is 30.1 Å². The van der Waals surface area contributed by atoms with Gasteiger partial charge in [0.25, 0.3) is 5.56 Å². The third-order valence-electron chi connectivity index (χ3n) is 7.23. The number of rotatable bonds is 4. The molecule has 1 fully saturated rings. The number of aromatic nitrogens is 5. The van der Waals surface area contributed by atoms with Crippen molar-refractivity contribution in [3.8, 4) is 0 Å². The molecular formula is C28H32F3N7O. The molecule has 3 heterocycles. The molecule has 0 spiro atoms. The molecule has 0 unspecified atom stereocenters. The average Bonchev–Trinajstić information content (AvgIpc) is 3.35. The summed E-state index contributed by atoms with van der Waals surface area (Å²) in [6.07, 6.45) is -4.40. The van der Waals surface area contributed by atoms with Gasteiger partial charge in [-0.3, -0.25) is 9.69 Å². The lowest BCUT2D eigenvalue weighted by atomic mass is 9.98. The van der Waals surface area contributed by atoms with Gasteiger partial charge in [0.2, 0.25) is 0 Å². The van der Waals surface area contributed by atoms with Gasteiger partial charge in [0.15, 0.2) is 5.82 Å². The minimum absolute atomic E-state index is 0.221. The maximum absolute atomic E-state index is 13.5. The first-order valence-corrected chi connectivity index (χ1v) is 12.9. The molecule has 4 aromatic rings. The van der Waals surface area contributed by atoms with Gasteiger partial charge in [0.1, 0.15) is 6.04 Å². The quantitative estimate of drug-likeness (QED) is 0.401. The third kappa shape index (κ3) is 5.27.